The van der Waals surface area contributed by atoms with Gasteiger partial charge in [-0.2, -0.15) is 0 Å². The summed E-state index contributed by atoms with van der Waals surface area (Å²) in [5.74, 6) is -1.23. The van der Waals surface area contributed by atoms with Gasteiger partial charge in [0.05, 0.1) is 11.0 Å². The number of rotatable bonds is 6. The normalized spacial score (nSPS) is 12.0. The summed E-state index contributed by atoms with van der Waals surface area (Å²) in [4.78, 5) is 32.9. The molecule has 3 N–H and O–H groups in total. The van der Waals surface area contributed by atoms with Gasteiger partial charge in [-0.1, -0.05) is 13.8 Å². The van der Waals surface area contributed by atoms with E-state index in [0.717, 1.165) is 11.8 Å². The third kappa shape index (κ3) is 8.56. The lowest BCUT2D eigenvalue weighted by Crippen LogP contribution is -2.41. The molecule has 0 saturated carbocycles. The molecule has 0 aromatic heterocycles. The Bertz CT molecular complexity index is 294. The molecule has 0 aliphatic carbocycles. The van der Waals surface area contributed by atoms with E-state index in [1.54, 1.807) is 0 Å². The highest BCUT2D eigenvalue weighted by molar-refractivity contribution is 8.01. The molecule has 0 aliphatic heterocycles. The van der Waals surface area contributed by atoms with E-state index in [9.17, 15) is 14.4 Å². The molecule has 0 fully saturated rings. The van der Waals surface area contributed by atoms with Crippen molar-refractivity contribution < 1.29 is 19.5 Å². The fourth-order valence-electron chi connectivity index (χ4n) is 0.776. The maximum atomic E-state index is 11.2. The number of carboxylic acid groups (broad SMARTS) is 1. The molecule has 98 valence electrons. The zero-order chi connectivity index (χ0) is 13.4. The Balaban J connectivity index is 3.79. The van der Waals surface area contributed by atoms with Crippen molar-refractivity contribution >= 4 is 29.7 Å². The first-order valence-corrected chi connectivity index (χ1v) is 6.30. The Hall–Kier alpha value is -1.24. The SMILES string of the molecule is CC(C)CNC(=O)NC(=O)CS[C@H](C)C(=O)O. The number of thioether (sulfide) groups is 1. The molecule has 6 nitrogen and oxygen atoms in total. The first-order chi connectivity index (χ1) is 7.82. The maximum absolute atomic E-state index is 11.2. The van der Waals surface area contributed by atoms with Gasteiger partial charge in [0, 0.05) is 6.54 Å². The third-order valence-corrected chi connectivity index (χ3v) is 2.87. The van der Waals surface area contributed by atoms with Gasteiger partial charge in [0.1, 0.15) is 0 Å². The van der Waals surface area contributed by atoms with Crippen LogP contribution >= 0.6 is 11.8 Å². The van der Waals surface area contributed by atoms with Crippen LogP contribution in [0.2, 0.25) is 0 Å². The van der Waals surface area contributed by atoms with E-state index in [1.165, 1.54) is 6.92 Å². The molecular formula is C10H18N2O4S. The highest BCUT2D eigenvalue weighted by Crippen LogP contribution is 2.09. The number of amides is 3. The number of imide groups is 1. The maximum Gasteiger partial charge on any atom is 0.321 e. The minimum Gasteiger partial charge on any atom is -0.480 e. The molecule has 1 atom stereocenters. The fourth-order valence-corrected chi connectivity index (χ4v) is 1.39. The monoisotopic (exact) mass is 262 g/mol. The molecule has 0 aromatic carbocycles. The topological polar surface area (TPSA) is 95.5 Å². The molecular weight excluding hydrogens is 244 g/mol. The van der Waals surface area contributed by atoms with Crippen molar-refractivity contribution in [3.05, 3.63) is 0 Å². The smallest absolute Gasteiger partial charge is 0.321 e. The molecule has 0 rings (SSSR count). The van der Waals surface area contributed by atoms with Crippen molar-refractivity contribution in [2.24, 2.45) is 5.92 Å². The van der Waals surface area contributed by atoms with Gasteiger partial charge in [-0.15, -0.1) is 11.8 Å². The van der Waals surface area contributed by atoms with Gasteiger partial charge in [-0.05, 0) is 12.8 Å². The number of carboxylic acids is 1. The van der Waals surface area contributed by atoms with Crippen molar-refractivity contribution in [3.63, 3.8) is 0 Å². The Labute approximate surface area is 105 Å². The zero-order valence-electron chi connectivity index (χ0n) is 10.1. The first-order valence-electron chi connectivity index (χ1n) is 5.25. The van der Waals surface area contributed by atoms with Crippen LogP contribution in [0.5, 0.6) is 0 Å². The van der Waals surface area contributed by atoms with Crippen LogP contribution in [-0.4, -0.2) is 40.6 Å². The Morgan fingerprint density at radius 1 is 1.24 bits per heavy atom. The van der Waals surface area contributed by atoms with Crippen molar-refractivity contribution in [2.75, 3.05) is 12.3 Å². The minimum absolute atomic E-state index is 0.0530. The van der Waals surface area contributed by atoms with E-state index >= 15 is 0 Å². The third-order valence-electron chi connectivity index (χ3n) is 1.74. The lowest BCUT2D eigenvalue weighted by Gasteiger charge is -2.09. The van der Waals surface area contributed by atoms with Crippen LogP contribution in [-0.2, 0) is 9.59 Å². The molecule has 0 unspecified atom stereocenters. The van der Waals surface area contributed by atoms with Crippen molar-refractivity contribution in [1.29, 1.82) is 0 Å². The number of carbonyl (C=O) groups excluding carboxylic acids is 2. The molecule has 0 saturated heterocycles. The Kier molecular flexibility index (Phi) is 7.36. The summed E-state index contributed by atoms with van der Waals surface area (Å²) in [6, 6.07) is -0.549. The van der Waals surface area contributed by atoms with Crippen LogP contribution in [0.25, 0.3) is 0 Å². The van der Waals surface area contributed by atoms with E-state index in [2.05, 4.69) is 10.6 Å². The summed E-state index contributed by atoms with van der Waals surface area (Å²) in [5, 5.41) is 12.6. The van der Waals surface area contributed by atoms with Gasteiger partial charge in [-0.3, -0.25) is 14.9 Å². The van der Waals surface area contributed by atoms with Gasteiger partial charge in [0.25, 0.3) is 0 Å². The van der Waals surface area contributed by atoms with Crippen LogP contribution in [0.3, 0.4) is 0 Å². The van der Waals surface area contributed by atoms with Gasteiger partial charge >= 0.3 is 12.0 Å². The second-order valence-electron chi connectivity index (χ2n) is 3.94. The van der Waals surface area contributed by atoms with Crippen LogP contribution in [0.4, 0.5) is 4.79 Å². The molecule has 17 heavy (non-hydrogen) atoms. The Morgan fingerprint density at radius 3 is 2.29 bits per heavy atom. The van der Waals surface area contributed by atoms with Crippen molar-refractivity contribution in [3.8, 4) is 0 Å². The summed E-state index contributed by atoms with van der Waals surface area (Å²) in [7, 11) is 0. The van der Waals surface area contributed by atoms with Gasteiger partial charge in [0.15, 0.2) is 0 Å². The molecule has 0 radical (unpaired) electrons. The standard InChI is InChI=1S/C10H18N2O4S/c1-6(2)4-11-10(16)12-8(13)5-17-7(3)9(14)15/h6-7H,4-5H2,1-3H3,(H,14,15)(H2,11,12,13,16)/t7-/m1/s1. The van der Waals surface area contributed by atoms with Gasteiger partial charge in [0.2, 0.25) is 5.91 Å². The number of urea groups is 1. The predicted molar refractivity (Wildman–Crippen MR) is 65.9 cm³/mol. The highest BCUT2D eigenvalue weighted by Gasteiger charge is 2.14. The van der Waals surface area contributed by atoms with Crippen molar-refractivity contribution in [2.45, 2.75) is 26.0 Å². The van der Waals surface area contributed by atoms with E-state index < -0.39 is 23.2 Å². The van der Waals surface area contributed by atoms with E-state index in [-0.39, 0.29) is 5.75 Å². The quantitative estimate of drug-likeness (QED) is 0.654. The van der Waals surface area contributed by atoms with Crippen LogP contribution in [0.1, 0.15) is 20.8 Å². The summed E-state index contributed by atoms with van der Waals surface area (Å²) in [5.41, 5.74) is 0. The van der Waals surface area contributed by atoms with Gasteiger partial charge in [-0.25, -0.2) is 4.79 Å². The number of carbonyl (C=O) groups is 3. The zero-order valence-corrected chi connectivity index (χ0v) is 11.0. The average molecular weight is 262 g/mol. The minimum atomic E-state index is -0.980. The second kappa shape index (κ2) is 7.94. The van der Waals surface area contributed by atoms with E-state index in [4.69, 9.17) is 5.11 Å². The summed E-state index contributed by atoms with van der Waals surface area (Å²) in [6.07, 6.45) is 0. The fraction of sp³-hybridized carbons (Fsp3) is 0.700. The summed E-state index contributed by atoms with van der Waals surface area (Å²) < 4.78 is 0. The number of nitrogens with one attached hydrogen (secondary N) is 2. The molecule has 0 aliphatic rings. The lowest BCUT2D eigenvalue weighted by atomic mass is 10.2. The molecule has 3 amide bonds. The molecule has 7 heteroatoms. The second-order valence-corrected chi connectivity index (χ2v) is 5.27. The Morgan fingerprint density at radius 2 is 1.82 bits per heavy atom. The van der Waals surface area contributed by atoms with E-state index in [1.807, 2.05) is 13.8 Å². The average Bonchev–Trinajstić information content (AvgIpc) is 2.22. The van der Waals surface area contributed by atoms with Crippen LogP contribution < -0.4 is 10.6 Å². The largest absolute Gasteiger partial charge is 0.480 e. The molecule has 0 spiro atoms. The molecule has 0 bridgehead atoms. The van der Waals surface area contributed by atoms with Gasteiger partial charge < -0.3 is 10.4 Å². The number of hydrogen-bond donors (Lipinski definition) is 3. The van der Waals surface area contributed by atoms with Crippen molar-refractivity contribution in [1.82, 2.24) is 10.6 Å². The van der Waals surface area contributed by atoms with Crippen LogP contribution in [0, 0.1) is 5.92 Å². The highest BCUT2D eigenvalue weighted by atomic mass is 32.2. The molecule has 0 heterocycles. The van der Waals surface area contributed by atoms with E-state index in [0.29, 0.717) is 12.5 Å². The first kappa shape index (κ1) is 15.8. The number of hydrogen-bond acceptors (Lipinski definition) is 4. The number of aliphatic carboxylic acids is 1. The summed E-state index contributed by atoms with van der Waals surface area (Å²) >= 11 is 0.967. The summed E-state index contributed by atoms with van der Waals surface area (Å²) in [6.45, 7) is 5.84. The molecule has 0 aromatic rings. The lowest BCUT2D eigenvalue weighted by molar-refractivity contribution is -0.136. The predicted octanol–water partition coefficient (Wildman–Crippen LogP) is 0.674. The van der Waals surface area contributed by atoms with Crippen LogP contribution in [0.15, 0.2) is 0 Å².